The Bertz CT molecular complexity index is 1330. The zero-order valence-corrected chi connectivity index (χ0v) is 21.4. The Morgan fingerprint density at radius 2 is 1.95 bits per heavy atom. The van der Waals surface area contributed by atoms with Gasteiger partial charge in [-0.05, 0) is 25.5 Å². The Morgan fingerprint density at radius 3 is 2.50 bits per heavy atom. The summed E-state index contributed by atoms with van der Waals surface area (Å²) < 4.78 is 33.6. The van der Waals surface area contributed by atoms with E-state index < -0.39 is 17.6 Å². The van der Waals surface area contributed by atoms with Crippen molar-refractivity contribution in [3.05, 3.63) is 64.4 Å². The van der Waals surface area contributed by atoms with Crippen LogP contribution in [0.3, 0.4) is 0 Å². The third kappa shape index (κ3) is 5.54. The number of alkyl halides is 3. The number of carbonyl (C=O) groups excluding carboxylic acids is 2. The fraction of sp³-hybridized carbons (Fsp3) is 0.417. The predicted molar refractivity (Wildman–Crippen MR) is 129 cm³/mol. The molecule has 1 spiro atoms. The number of carboxylic acid groups (broad SMARTS) is 1. The van der Waals surface area contributed by atoms with Crippen LogP contribution in [0.1, 0.15) is 39.1 Å². The van der Waals surface area contributed by atoms with Gasteiger partial charge < -0.3 is 19.5 Å². The van der Waals surface area contributed by atoms with Crippen LogP contribution in [-0.2, 0) is 23.2 Å². The molecule has 0 saturated carbocycles. The molecule has 3 aromatic heterocycles. The second-order valence-corrected chi connectivity index (χ2v) is 10.3. The summed E-state index contributed by atoms with van der Waals surface area (Å²) in [6, 6.07) is 3.44. The molecule has 5 rings (SSSR count). The maximum absolute atomic E-state index is 13.8. The van der Waals surface area contributed by atoms with Crippen LogP contribution >= 0.6 is 11.3 Å². The van der Waals surface area contributed by atoms with Gasteiger partial charge in [0.2, 0.25) is 5.91 Å². The molecular formula is C24H25F3N6O4S. The summed E-state index contributed by atoms with van der Waals surface area (Å²) in [4.78, 5) is 52.6. The van der Waals surface area contributed by atoms with E-state index in [2.05, 4.69) is 15.0 Å². The van der Waals surface area contributed by atoms with Crippen LogP contribution in [-0.4, -0.2) is 78.0 Å². The van der Waals surface area contributed by atoms with Gasteiger partial charge in [0.15, 0.2) is 0 Å². The van der Waals surface area contributed by atoms with E-state index in [-0.39, 0.29) is 17.7 Å². The lowest BCUT2D eigenvalue weighted by Gasteiger charge is -2.27. The fourth-order valence-corrected chi connectivity index (χ4v) is 5.49. The number of hydrogen-bond donors (Lipinski definition) is 1. The molecule has 1 N–H and O–H groups in total. The molecule has 202 valence electrons. The van der Waals surface area contributed by atoms with E-state index in [1.165, 1.54) is 0 Å². The highest BCUT2D eigenvalue weighted by Gasteiger charge is 2.58. The number of likely N-dealkylation sites (tertiary alicyclic amines) is 2. The molecule has 0 bridgehead atoms. The number of carboxylic acids is 1. The first kappa shape index (κ1) is 27.2. The van der Waals surface area contributed by atoms with Gasteiger partial charge in [-0.15, -0.1) is 11.3 Å². The molecular weight excluding hydrogens is 525 g/mol. The molecule has 0 radical (unpaired) electrons. The molecule has 38 heavy (non-hydrogen) atoms. The molecule has 2 amide bonds. The summed E-state index contributed by atoms with van der Waals surface area (Å²) in [5, 5.41) is 10.1. The monoisotopic (exact) mass is 550 g/mol. The third-order valence-electron chi connectivity index (χ3n) is 6.64. The molecule has 0 aromatic carbocycles. The van der Waals surface area contributed by atoms with E-state index in [4.69, 9.17) is 9.90 Å². The van der Waals surface area contributed by atoms with Gasteiger partial charge in [-0.1, -0.05) is 0 Å². The van der Waals surface area contributed by atoms with Crippen molar-refractivity contribution in [2.24, 2.45) is 12.5 Å². The summed E-state index contributed by atoms with van der Waals surface area (Å²) in [5.41, 5.74) is 1.73. The molecule has 2 aliphatic heterocycles. The van der Waals surface area contributed by atoms with Gasteiger partial charge in [-0.25, -0.2) is 14.8 Å². The standard InChI is InChI=1S/C22H24N6O2S.C2HF3O2/c1-15-25-17(12-31-15)9-27-8-5-22(21(27)30)13-28(20(29)16-3-6-23-7-4-16)10-18(22)19-11-26(2)14-24-19;3-2(4,5)1(6)7/h3-4,6-7,11-12,14,18H,5,8-10,13H2,1-2H3;(H,6,7). The van der Waals surface area contributed by atoms with Crippen molar-refractivity contribution in [1.29, 1.82) is 0 Å². The number of carbonyl (C=O) groups is 3. The van der Waals surface area contributed by atoms with Crippen LogP contribution in [0.5, 0.6) is 0 Å². The maximum atomic E-state index is 13.8. The van der Waals surface area contributed by atoms with Crippen molar-refractivity contribution < 1.29 is 32.7 Å². The number of aliphatic carboxylic acids is 1. The first-order valence-corrected chi connectivity index (χ1v) is 12.5. The lowest BCUT2D eigenvalue weighted by atomic mass is 9.75. The molecule has 2 saturated heterocycles. The maximum Gasteiger partial charge on any atom is 0.490 e. The highest BCUT2D eigenvalue weighted by atomic mass is 32.1. The van der Waals surface area contributed by atoms with Gasteiger partial charge in [0.05, 0.1) is 34.7 Å². The number of imidazole rings is 1. The Labute approximate surface area is 219 Å². The summed E-state index contributed by atoms with van der Waals surface area (Å²) in [6.45, 7) is 4.03. The zero-order chi connectivity index (χ0) is 27.7. The Hall–Kier alpha value is -3.81. The van der Waals surface area contributed by atoms with Crippen molar-refractivity contribution in [1.82, 2.24) is 29.3 Å². The molecule has 10 nitrogen and oxygen atoms in total. The molecule has 2 unspecified atom stereocenters. The smallest absolute Gasteiger partial charge is 0.475 e. The largest absolute Gasteiger partial charge is 0.490 e. The van der Waals surface area contributed by atoms with Gasteiger partial charge in [0, 0.05) is 62.1 Å². The first-order chi connectivity index (χ1) is 17.9. The number of aryl methyl sites for hydroxylation is 2. The van der Waals surface area contributed by atoms with Gasteiger partial charge in [-0.2, -0.15) is 13.2 Å². The second kappa shape index (κ2) is 10.5. The van der Waals surface area contributed by atoms with E-state index in [0.29, 0.717) is 38.2 Å². The Morgan fingerprint density at radius 1 is 1.26 bits per heavy atom. The van der Waals surface area contributed by atoms with Crippen LogP contribution in [0.25, 0.3) is 0 Å². The van der Waals surface area contributed by atoms with E-state index in [1.807, 2.05) is 39.9 Å². The number of hydrogen-bond acceptors (Lipinski definition) is 7. The minimum Gasteiger partial charge on any atom is -0.475 e. The van der Waals surface area contributed by atoms with Crippen LogP contribution in [0.15, 0.2) is 42.4 Å². The Kier molecular flexibility index (Phi) is 7.54. The van der Waals surface area contributed by atoms with Crippen molar-refractivity contribution >= 4 is 29.1 Å². The number of nitrogens with zero attached hydrogens (tertiary/aromatic N) is 6. The number of amides is 2. The summed E-state index contributed by atoms with van der Waals surface area (Å²) in [7, 11) is 1.92. The lowest BCUT2D eigenvalue weighted by molar-refractivity contribution is -0.192. The number of aromatic nitrogens is 4. The van der Waals surface area contributed by atoms with Crippen molar-refractivity contribution in [3.63, 3.8) is 0 Å². The zero-order valence-electron chi connectivity index (χ0n) is 20.6. The summed E-state index contributed by atoms with van der Waals surface area (Å²) in [5.74, 6) is -2.86. The molecule has 14 heteroatoms. The fourth-order valence-electron chi connectivity index (χ4n) is 4.89. The van der Waals surface area contributed by atoms with E-state index in [0.717, 1.165) is 16.4 Å². The predicted octanol–water partition coefficient (Wildman–Crippen LogP) is 2.87. The van der Waals surface area contributed by atoms with Crippen molar-refractivity contribution in [3.8, 4) is 0 Å². The summed E-state index contributed by atoms with van der Waals surface area (Å²) in [6.07, 6.45) is 2.58. The molecule has 2 fully saturated rings. The number of pyridine rings is 1. The third-order valence-corrected chi connectivity index (χ3v) is 7.46. The van der Waals surface area contributed by atoms with Crippen LogP contribution in [0.4, 0.5) is 13.2 Å². The van der Waals surface area contributed by atoms with E-state index in [9.17, 15) is 22.8 Å². The highest BCUT2D eigenvalue weighted by Crippen LogP contribution is 2.50. The number of halogens is 3. The average molecular weight is 551 g/mol. The molecule has 5 heterocycles. The molecule has 2 atom stereocenters. The van der Waals surface area contributed by atoms with Gasteiger partial charge in [0.25, 0.3) is 5.91 Å². The minimum atomic E-state index is -5.08. The topological polar surface area (TPSA) is 122 Å². The number of rotatable bonds is 4. The number of thiazole rings is 1. The quantitative estimate of drug-likeness (QED) is 0.530. The molecule has 3 aromatic rings. The lowest BCUT2D eigenvalue weighted by Crippen LogP contribution is -2.40. The van der Waals surface area contributed by atoms with E-state index >= 15 is 0 Å². The highest BCUT2D eigenvalue weighted by molar-refractivity contribution is 7.09. The van der Waals surface area contributed by atoms with Crippen molar-refractivity contribution in [2.75, 3.05) is 19.6 Å². The minimum absolute atomic E-state index is 0.0680. The molecule has 0 aliphatic carbocycles. The second-order valence-electron chi connectivity index (χ2n) is 9.23. The van der Waals surface area contributed by atoms with Gasteiger partial charge in [-0.3, -0.25) is 14.6 Å². The Balaban J connectivity index is 0.000000426. The van der Waals surface area contributed by atoms with Crippen LogP contribution in [0.2, 0.25) is 0 Å². The SMILES string of the molecule is Cc1nc(CN2CCC3(CN(C(=O)c4ccncc4)CC3c3cn(C)cn3)C2=O)cs1.O=C(O)C(F)(F)F. The molecule has 2 aliphatic rings. The van der Waals surface area contributed by atoms with Crippen LogP contribution < -0.4 is 0 Å². The first-order valence-electron chi connectivity index (χ1n) is 11.6. The summed E-state index contributed by atoms with van der Waals surface area (Å²) >= 11 is 1.60. The normalized spacial score (nSPS) is 21.1. The van der Waals surface area contributed by atoms with Gasteiger partial charge >= 0.3 is 12.1 Å². The van der Waals surface area contributed by atoms with Gasteiger partial charge in [0.1, 0.15) is 0 Å². The van der Waals surface area contributed by atoms with Crippen LogP contribution in [0, 0.1) is 12.3 Å². The average Bonchev–Trinajstić information content (AvgIpc) is 3.64. The van der Waals surface area contributed by atoms with Crippen molar-refractivity contribution in [2.45, 2.75) is 32.0 Å². The van der Waals surface area contributed by atoms with E-state index in [1.54, 1.807) is 42.2 Å².